The fourth-order valence-corrected chi connectivity index (χ4v) is 4.09. The molecule has 0 spiro atoms. The van der Waals surface area contributed by atoms with Gasteiger partial charge in [-0.25, -0.2) is 0 Å². The highest BCUT2D eigenvalue weighted by atomic mass is 32.2. The number of benzene rings is 1. The van der Waals surface area contributed by atoms with Crippen LogP contribution in [0.1, 0.15) is 32.6 Å². The molecule has 1 N–H and O–H groups in total. The summed E-state index contributed by atoms with van der Waals surface area (Å²) < 4.78 is 7.20. The van der Waals surface area contributed by atoms with Crippen LogP contribution in [0.2, 0.25) is 0 Å². The van der Waals surface area contributed by atoms with E-state index < -0.39 is 0 Å². The third kappa shape index (κ3) is 4.71. The normalized spacial score (nSPS) is 15.5. The Balaban J connectivity index is 1.75. The van der Waals surface area contributed by atoms with E-state index in [0.29, 0.717) is 12.6 Å². The third-order valence-electron chi connectivity index (χ3n) is 4.73. The van der Waals surface area contributed by atoms with E-state index in [1.165, 1.54) is 24.6 Å². The molecule has 144 valence electrons. The van der Waals surface area contributed by atoms with E-state index in [1.54, 1.807) is 7.11 Å². The van der Waals surface area contributed by atoms with Crippen LogP contribution in [0.25, 0.3) is 11.4 Å². The van der Waals surface area contributed by atoms with Gasteiger partial charge in [-0.05, 0) is 44.0 Å². The van der Waals surface area contributed by atoms with Crippen molar-refractivity contribution in [1.82, 2.24) is 20.1 Å². The first kappa shape index (κ1) is 19.5. The maximum absolute atomic E-state index is 12.5. The summed E-state index contributed by atoms with van der Waals surface area (Å²) in [4.78, 5) is 12.5. The number of hydrogen-bond acceptors (Lipinski definition) is 5. The summed E-state index contributed by atoms with van der Waals surface area (Å²) in [5, 5.41) is 12.3. The van der Waals surface area contributed by atoms with Crippen molar-refractivity contribution in [3.05, 3.63) is 36.9 Å². The Kier molecular flexibility index (Phi) is 6.55. The molecule has 1 atom stereocenters. The lowest BCUT2D eigenvalue weighted by atomic mass is 10.2. The molecule has 1 amide bonds. The SMILES string of the molecule is C=CCn1c(S[C@@H](C)C(=O)NC2CCCC2)nnc1-c1ccc(OC)cc1. The van der Waals surface area contributed by atoms with Crippen molar-refractivity contribution in [3.63, 3.8) is 0 Å². The van der Waals surface area contributed by atoms with Crippen molar-refractivity contribution in [3.8, 4) is 17.1 Å². The van der Waals surface area contributed by atoms with Crippen LogP contribution in [0, 0.1) is 0 Å². The molecular formula is C20H26N4O2S. The van der Waals surface area contributed by atoms with Crippen molar-refractivity contribution in [2.45, 2.75) is 55.6 Å². The van der Waals surface area contributed by atoms with E-state index in [2.05, 4.69) is 22.1 Å². The summed E-state index contributed by atoms with van der Waals surface area (Å²) in [6.07, 6.45) is 6.37. The smallest absolute Gasteiger partial charge is 0.233 e. The summed E-state index contributed by atoms with van der Waals surface area (Å²) >= 11 is 1.43. The second kappa shape index (κ2) is 9.08. The molecule has 0 aliphatic heterocycles. The van der Waals surface area contributed by atoms with Crippen LogP contribution in [-0.4, -0.2) is 39.1 Å². The second-order valence-electron chi connectivity index (χ2n) is 6.68. The number of rotatable bonds is 8. The van der Waals surface area contributed by atoms with E-state index in [9.17, 15) is 4.79 Å². The number of carbonyl (C=O) groups is 1. The Morgan fingerprint density at radius 3 is 2.70 bits per heavy atom. The Hall–Kier alpha value is -2.28. The quantitative estimate of drug-likeness (QED) is 0.554. The number of hydrogen-bond donors (Lipinski definition) is 1. The van der Waals surface area contributed by atoms with Crippen molar-refractivity contribution in [2.75, 3.05) is 7.11 Å². The third-order valence-corrected chi connectivity index (χ3v) is 5.81. The highest BCUT2D eigenvalue weighted by Gasteiger charge is 2.23. The van der Waals surface area contributed by atoms with Gasteiger partial charge in [0.15, 0.2) is 11.0 Å². The van der Waals surface area contributed by atoms with Crippen molar-refractivity contribution in [2.24, 2.45) is 0 Å². The number of ether oxygens (including phenoxy) is 1. The number of methoxy groups -OCH3 is 1. The van der Waals surface area contributed by atoms with Gasteiger partial charge in [0, 0.05) is 18.2 Å². The Bertz CT molecular complexity index is 782. The zero-order valence-electron chi connectivity index (χ0n) is 15.9. The Morgan fingerprint density at radius 2 is 2.07 bits per heavy atom. The fraction of sp³-hybridized carbons (Fsp3) is 0.450. The van der Waals surface area contributed by atoms with Gasteiger partial charge >= 0.3 is 0 Å². The molecule has 1 aromatic carbocycles. The topological polar surface area (TPSA) is 69.0 Å². The van der Waals surface area contributed by atoms with Gasteiger partial charge in [0.1, 0.15) is 5.75 Å². The summed E-state index contributed by atoms with van der Waals surface area (Å²) in [6.45, 7) is 6.33. The van der Waals surface area contributed by atoms with E-state index in [4.69, 9.17) is 4.74 Å². The number of carbonyl (C=O) groups excluding carboxylic acids is 1. The average Bonchev–Trinajstić information content (AvgIpc) is 3.33. The molecule has 0 radical (unpaired) electrons. The van der Waals surface area contributed by atoms with Crippen LogP contribution in [0.15, 0.2) is 42.1 Å². The molecule has 1 aromatic heterocycles. The number of amides is 1. The highest BCUT2D eigenvalue weighted by molar-refractivity contribution is 8.00. The predicted molar refractivity (Wildman–Crippen MR) is 108 cm³/mol. The zero-order chi connectivity index (χ0) is 19.2. The lowest BCUT2D eigenvalue weighted by Crippen LogP contribution is -2.37. The van der Waals surface area contributed by atoms with E-state index in [0.717, 1.165) is 35.1 Å². The van der Waals surface area contributed by atoms with Gasteiger partial charge < -0.3 is 10.1 Å². The van der Waals surface area contributed by atoms with Crippen molar-refractivity contribution >= 4 is 17.7 Å². The fourth-order valence-electron chi connectivity index (χ4n) is 3.22. The molecular weight excluding hydrogens is 360 g/mol. The highest BCUT2D eigenvalue weighted by Crippen LogP contribution is 2.28. The summed E-state index contributed by atoms with van der Waals surface area (Å²) in [6, 6.07) is 8.01. The van der Waals surface area contributed by atoms with Crippen LogP contribution in [-0.2, 0) is 11.3 Å². The Morgan fingerprint density at radius 1 is 1.37 bits per heavy atom. The minimum absolute atomic E-state index is 0.0612. The number of nitrogens with zero attached hydrogens (tertiary/aromatic N) is 3. The largest absolute Gasteiger partial charge is 0.497 e. The molecule has 27 heavy (non-hydrogen) atoms. The summed E-state index contributed by atoms with van der Waals surface area (Å²) in [7, 11) is 1.64. The molecule has 1 saturated carbocycles. The monoisotopic (exact) mass is 386 g/mol. The van der Waals surface area contributed by atoms with E-state index in [1.807, 2.05) is 41.8 Å². The van der Waals surface area contributed by atoms with E-state index in [-0.39, 0.29) is 11.2 Å². The average molecular weight is 387 g/mol. The van der Waals surface area contributed by atoms with Crippen LogP contribution in [0.4, 0.5) is 0 Å². The van der Waals surface area contributed by atoms with Crippen LogP contribution in [0.3, 0.4) is 0 Å². The first-order chi connectivity index (χ1) is 13.1. The van der Waals surface area contributed by atoms with E-state index >= 15 is 0 Å². The molecule has 6 nitrogen and oxygen atoms in total. The standard InChI is InChI=1S/C20H26N4O2S/c1-4-13-24-18(15-9-11-17(26-3)12-10-15)22-23-20(24)27-14(2)19(25)21-16-7-5-6-8-16/h4,9-12,14,16H,1,5-8,13H2,2-3H3,(H,21,25)/t14-/m0/s1. The number of nitrogens with one attached hydrogen (secondary N) is 1. The van der Waals surface area contributed by atoms with Gasteiger partial charge in [-0.15, -0.1) is 16.8 Å². The number of thioether (sulfide) groups is 1. The van der Waals surface area contributed by atoms with Crippen molar-refractivity contribution < 1.29 is 9.53 Å². The van der Waals surface area contributed by atoms with Crippen LogP contribution in [0.5, 0.6) is 5.75 Å². The number of aromatic nitrogens is 3. The molecule has 7 heteroatoms. The van der Waals surface area contributed by atoms with Gasteiger partial charge in [-0.3, -0.25) is 9.36 Å². The summed E-state index contributed by atoms with van der Waals surface area (Å²) in [5.74, 6) is 1.61. The second-order valence-corrected chi connectivity index (χ2v) is 7.99. The molecule has 1 aliphatic rings. The Labute approximate surface area is 164 Å². The first-order valence-corrected chi connectivity index (χ1v) is 10.2. The molecule has 2 aromatic rings. The molecule has 0 saturated heterocycles. The van der Waals surface area contributed by atoms with Crippen LogP contribution < -0.4 is 10.1 Å². The van der Waals surface area contributed by atoms with Gasteiger partial charge in [-0.2, -0.15) is 0 Å². The van der Waals surface area contributed by atoms with Gasteiger partial charge in [0.05, 0.1) is 12.4 Å². The van der Waals surface area contributed by atoms with Gasteiger partial charge in [0.2, 0.25) is 5.91 Å². The zero-order valence-corrected chi connectivity index (χ0v) is 16.7. The molecule has 1 heterocycles. The maximum atomic E-state index is 12.5. The molecule has 1 aliphatic carbocycles. The van der Waals surface area contributed by atoms with Crippen LogP contribution >= 0.6 is 11.8 Å². The first-order valence-electron chi connectivity index (χ1n) is 9.28. The minimum atomic E-state index is -0.234. The van der Waals surface area contributed by atoms with Gasteiger partial charge in [-0.1, -0.05) is 30.7 Å². The minimum Gasteiger partial charge on any atom is -0.497 e. The van der Waals surface area contributed by atoms with Gasteiger partial charge in [0.25, 0.3) is 0 Å². The summed E-state index contributed by atoms with van der Waals surface area (Å²) in [5.41, 5.74) is 0.945. The molecule has 1 fully saturated rings. The lowest BCUT2D eigenvalue weighted by Gasteiger charge is -2.16. The maximum Gasteiger partial charge on any atom is 0.233 e. The molecule has 0 bridgehead atoms. The molecule has 3 rings (SSSR count). The number of allylic oxidation sites excluding steroid dienone is 1. The molecule has 0 unspecified atom stereocenters. The van der Waals surface area contributed by atoms with Crippen molar-refractivity contribution in [1.29, 1.82) is 0 Å². The predicted octanol–water partition coefficient (Wildman–Crippen LogP) is 3.68. The lowest BCUT2D eigenvalue weighted by molar-refractivity contribution is -0.120.